The number of carboxylic acid groups (broad SMARTS) is 1. The van der Waals surface area contributed by atoms with Crippen LogP contribution in [0.2, 0.25) is 0 Å². The van der Waals surface area contributed by atoms with Gasteiger partial charge in [-0.05, 0) is 19.1 Å². The van der Waals surface area contributed by atoms with Crippen molar-refractivity contribution in [1.82, 2.24) is 14.8 Å². The summed E-state index contributed by atoms with van der Waals surface area (Å²) in [4.78, 5) is 15.2. The number of nitrogens with zero attached hydrogens (tertiary/aromatic N) is 3. The van der Waals surface area contributed by atoms with Crippen LogP contribution in [0.15, 0.2) is 24.5 Å². The van der Waals surface area contributed by atoms with Crippen molar-refractivity contribution in [2.45, 2.75) is 20.1 Å². The number of carbonyl (C=O) groups is 1. The Morgan fingerprint density at radius 3 is 2.90 bits per heavy atom. The normalized spacial score (nSPS) is 10.3. The van der Waals surface area contributed by atoms with Crippen LogP contribution in [0.4, 0.5) is 0 Å². The highest BCUT2D eigenvalue weighted by molar-refractivity contribution is 5.91. The minimum atomic E-state index is -1.06. The summed E-state index contributed by atoms with van der Waals surface area (Å²) < 4.78 is 12.3. The maximum atomic E-state index is 11.2. The average molecular weight is 277 g/mol. The van der Waals surface area contributed by atoms with E-state index in [4.69, 9.17) is 14.6 Å². The first kappa shape index (κ1) is 13.9. The number of rotatable bonds is 6. The van der Waals surface area contributed by atoms with E-state index in [9.17, 15) is 4.79 Å². The molecule has 0 fully saturated rings. The molecule has 20 heavy (non-hydrogen) atoms. The zero-order valence-corrected chi connectivity index (χ0v) is 11.2. The number of carboxylic acids is 1. The van der Waals surface area contributed by atoms with Gasteiger partial charge in [-0.25, -0.2) is 14.5 Å². The molecule has 0 radical (unpaired) electrons. The third-order valence-electron chi connectivity index (χ3n) is 2.77. The molecule has 0 aliphatic carbocycles. The van der Waals surface area contributed by atoms with Gasteiger partial charge in [0.15, 0.2) is 5.82 Å². The van der Waals surface area contributed by atoms with Crippen LogP contribution < -0.4 is 9.47 Å². The number of aryl methyl sites for hydroxylation is 1. The molecule has 0 aliphatic heterocycles. The molecule has 0 saturated carbocycles. The van der Waals surface area contributed by atoms with Crippen LogP contribution in [-0.4, -0.2) is 33.0 Å². The SMILES string of the molecule is CCn1ncnc1COc1cc(OC)ccc1C(=O)O. The number of aromatic nitrogens is 3. The molecule has 1 aromatic carbocycles. The molecule has 0 saturated heterocycles. The monoisotopic (exact) mass is 277 g/mol. The molecule has 1 aromatic heterocycles. The molecule has 0 amide bonds. The van der Waals surface area contributed by atoms with Crippen LogP contribution in [0.5, 0.6) is 11.5 Å². The second kappa shape index (κ2) is 6.05. The molecule has 1 N–H and O–H groups in total. The third-order valence-corrected chi connectivity index (χ3v) is 2.77. The molecular formula is C13H15N3O4. The van der Waals surface area contributed by atoms with Crippen molar-refractivity contribution in [1.29, 1.82) is 0 Å². The first-order valence-corrected chi connectivity index (χ1v) is 6.06. The Kier molecular flexibility index (Phi) is 4.19. The summed E-state index contributed by atoms with van der Waals surface area (Å²) in [5.41, 5.74) is 0.0772. The van der Waals surface area contributed by atoms with Crippen molar-refractivity contribution in [3.05, 3.63) is 35.9 Å². The number of ether oxygens (including phenoxy) is 2. The van der Waals surface area contributed by atoms with Gasteiger partial charge in [-0.3, -0.25) is 0 Å². The summed E-state index contributed by atoms with van der Waals surface area (Å²) in [6.45, 7) is 2.75. The third kappa shape index (κ3) is 2.87. The van der Waals surface area contributed by atoms with Crippen molar-refractivity contribution in [3.63, 3.8) is 0 Å². The van der Waals surface area contributed by atoms with E-state index in [1.807, 2.05) is 6.92 Å². The Morgan fingerprint density at radius 1 is 1.45 bits per heavy atom. The highest BCUT2D eigenvalue weighted by Crippen LogP contribution is 2.25. The minimum Gasteiger partial charge on any atom is -0.497 e. The molecule has 0 aliphatic rings. The fourth-order valence-corrected chi connectivity index (χ4v) is 1.73. The van der Waals surface area contributed by atoms with Crippen LogP contribution in [0.25, 0.3) is 0 Å². The Morgan fingerprint density at radius 2 is 2.25 bits per heavy atom. The van der Waals surface area contributed by atoms with Gasteiger partial charge in [0.25, 0.3) is 0 Å². The van der Waals surface area contributed by atoms with Gasteiger partial charge in [0, 0.05) is 12.6 Å². The Balaban J connectivity index is 2.21. The smallest absolute Gasteiger partial charge is 0.339 e. The lowest BCUT2D eigenvalue weighted by Gasteiger charge is -2.10. The van der Waals surface area contributed by atoms with Gasteiger partial charge in [0.2, 0.25) is 0 Å². The van der Waals surface area contributed by atoms with Crippen molar-refractivity contribution in [2.24, 2.45) is 0 Å². The summed E-state index contributed by atoms with van der Waals surface area (Å²) in [6, 6.07) is 4.56. The lowest BCUT2D eigenvalue weighted by atomic mass is 10.2. The molecule has 106 valence electrons. The summed E-state index contributed by atoms with van der Waals surface area (Å²) in [7, 11) is 1.51. The highest BCUT2D eigenvalue weighted by Gasteiger charge is 2.13. The summed E-state index contributed by atoms with van der Waals surface area (Å²) in [5, 5.41) is 13.2. The van der Waals surface area contributed by atoms with Crippen molar-refractivity contribution in [3.8, 4) is 11.5 Å². The van der Waals surface area contributed by atoms with Crippen LogP contribution in [0, 0.1) is 0 Å². The zero-order chi connectivity index (χ0) is 14.5. The number of benzene rings is 1. The van der Waals surface area contributed by atoms with E-state index < -0.39 is 5.97 Å². The van der Waals surface area contributed by atoms with Gasteiger partial charge in [-0.2, -0.15) is 5.10 Å². The second-order valence-corrected chi connectivity index (χ2v) is 3.95. The Hall–Kier alpha value is -2.57. The summed E-state index contributed by atoms with van der Waals surface area (Å²) >= 11 is 0. The van der Waals surface area contributed by atoms with E-state index in [1.54, 1.807) is 10.7 Å². The Bertz CT molecular complexity index is 609. The molecule has 2 aromatic rings. The molecule has 0 spiro atoms. The molecule has 0 bridgehead atoms. The van der Waals surface area contributed by atoms with Crippen LogP contribution in [-0.2, 0) is 13.2 Å². The quantitative estimate of drug-likeness (QED) is 0.862. The van der Waals surface area contributed by atoms with Gasteiger partial charge in [0.1, 0.15) is 30.0 Å². The maximum Gasteiger partial charge on any atom is 0.339 e. The maximum absolute atomic E-state index is 11.2. The predicted molar refractivity (Wildman–Crippen MR) is 70.0 cm³/mol. The predicted octanol–water partition coefficient (Wildman–Crippen LogP) is 1.58. The van der Waals surface area contributed by atoms with Gasteiger partial charge >= 0.3 is 5.97 Å². The molecule has 1 heterocycles. The highest BCUT2D eigenvalue weighted by atomic mass is 16.5. The first-order chi connectivity index (χ1) is 9.65. The van der Waals surface area contributed by atoms with E-state index in [1.165, 1.54) is 25.6 Å². The average Bonchev–Trinajstić information content (AvgIpc) is 2.91. The second-order valence-electron chi connectivity index (χ2n) is 3.95. The summed E-state index contributed by atoms with van der Waals surface area (Å²) in [5.74, 6) is 0.343. The van der Waals surface area contributed by atoms with Crippen LogP contribution in [0.1, 0.15) is 23.1 Å². The Labute approximate surface area is 115 Å². The molecule has 0 unspecified atom stereocenters. The van der Waals surface area contributed by atoms with Gasteiger partial charge < -0.3 is 14.6 Å². The number of hydrogen-bond donors (Lipinski definition) is 1. The van der Waals surface area contributed by atoms with E-state index in [0.29, 0.717) is 18.1 Å². The van der Waals surface area contributed by atoms with Crippen molar-refractivity contribution >= 4 is 5.97 Å². The van der Waals surface area contributed by atoms with Gasteiger partial charge in [0.05, 0.1) is 7.11 Å². The topological polar surface area (TPSA) is 86.5 Å². The van der Waals surface area contributed by atoms with Gasteiger partial charge in [-0.1, -0.05) is 0 Å². The molecule has 7 nitrogen and oxygen atoms in total. The minimum absolute atomic E-state index is 0.0772. The fourth-order valence-electron chi connectivity index (χ4n) is 1.73. The van der Waals surface area contributed by atoms with E-state index in [-0.39, 0.29) is 17.9 Å². The number of hydrogen-bond acceptors (Lipinski definition) is 5. The van der Waals surface area contributed by atoms with E-state index >= 15 is 0 Å². The molecule has 7 heteroatoms. The summed E-state index contributed by atoms with van der Waals surface area (Å²) in [6.07, 6.45) is 1.44. The van der Waals surface area contributed by atoms with Crippen molar-refractivity contribution in [2.75, 3.05) is 7.11 Å². The lowest BCUT2D eigenvalue weighted by molar-refractivity contribution is 0.0691. The largest absolute Gasteiger partial charge is 0.497 e. The molecular weight excluding hydrogens is 262 g/mol. The van der Waals surface area contributed by atoms with Gasteiger partial charge in [-0.15, -0.1) is 0 Å². The number of aromatic carboxylic acids is 1. The molecule has 0 atom stereocenters. The van der Waals surface area contributed by atoms with E-state index in [2.05, 4.69) is 10.1 Å². The fraction of sp³-hybridized carbons (Fsp3) is 0.308. The first-order valence-electron chi connectivity index (χ1n) is 6.06. The van der Waals surface area contributed by atoms with Crippen molar-refractivity contribution < 1.29 is 19.4 Å². The lowest BCUT2D eigenvalue weighted by Crippen LogP contribution is -2.09. The zero-order valence-electron chi connectivity index (χ0n) is 11.2. The number of methoxy groups -OCH3 is 1. The van der Waals surface area contributed by atoms with Crippen LogP contribution >= 0.6 is 0 Å². The molecule has 2 rings (SSSR count). The standard InChI is InChI=1S/C13H15N3O4/c1-3-16-12(14-8-15-16)7-20-11-6-9(19-2)4-5-10(11)13(17)18/h4-6,8H,3,7H2,1-2H3,(H,17,18). The van der Waals surface area contributed by atoms with Crippen LogP contribution in [0.3, 0.4) is 0 Å². The van der Waals surface area contributed by atoms with E-state index in [0.717, 1.165) is 0 Å².